The molecule has 3 heteroatoms. The van der Waals surface area contributed by atoms with Gasteiger partial charge in [0.05, 0.1) is 0 Å². The van der Waals surface area contributed by atoms with E-state index in [1.54, 1.807) is 0 Å². The Hall–Kier alpha value is -1.06. The molecule has 108 valence electrons. The van der Waals surface area contributed by atoms with Crippen molar-refractivity contribution in [2.75, 3.05) is 13.2 Å². The van der Waals surface area contributed by atoms with Crippen LogP contribution in [-0.2, 0) is 0 Å². The fourth-order valence-corrected chi connectivity index (χ4v) is 2.15. The van der Waals surface area contributed by atoms with Gasteiger partial charge in [-0.25, -0.2) is 0 Å². The summed E-state index contributed by atoms with van der Waals surface area (Å²) in [6.07, 6.45) is 1.70. The van der Waals surface area contributed by atoms with Crippen LogP contribution in [0.5, 0.6) is 5.75 Å². The van der Waals surface area contributed by atoms with Gasteiger partial charge in [0.25, 0.3) is 0 Å². The summed E-state index contributed by atoms with van der Waals surface area (Å²) < 4.78 is 5.64. The number of aliphatic hydroxyl groups is 1. The predicted octanol–water partition coefficient (Wildman–Crippen LogP) is 2.82. The normalized spacial score (nSPS) is 12.7. The Bertz CT molecular complexity index is 355. The van der Waals surface area contributed by atoms with Gasteiger partial charge in [-0.1, -0.05) is 19.9 Å². The van der Waals surface area contributed by atoms with Gasteiger partial charge in [0.2, 0.25) is 0 Å². The maximum atomic E-state index is 9.90. The maximum Gasteiger partial charge on any atom is 0.119 e. The number of aryl methyl sites for hydroxylation is 2. The summed E-state index contributed by atoms with van der Waals surface area (Å²) in [5, 5.41) is 13.2. The Morgan fingerprint density at radius 3 is 2.21 bits per heavy atom. The summed E-state index contributed by atoms with van der Waals surface area (Å²) in [6, 6.07) is 6.58. The first-order valence-electron chi connectivity index (χ1n) is 7.17. The number of nitrogens with one attached hydrogen (secondary N) is 1. The Kier molecular flexibility index (Phi) is 6.89. The molecule has 0 radical (unpaired) electrons. The topological polar surface area (TPSA) is 41.5 Å². The lowest BCUT2D eigenvalue weighted by molar-refractivity contribution is 0.103. The average molecular weight is 265 g/mol. The third-order valence-electron chi connectivity index (χ3n) is 3.27. The largest absolute Gasteiger partial charge is 0.491 e. The van der Waals surface area contributed by atoms with Crippen molar-refractivity contribution in [1.82, 2.24) is 5.32 Å². The van der Waals surface area contributed by atoms with E-state index in [-0.39, 0.29) is 0 Å². The van der Waals surface area contributed by atoms with E-state index in [4.69, 9.17) is 4.74 Å². The second-order valence-electron chi connectivity index (χ2n) is 5.21. The molecule has 0 heterocycles. The summed E-state index contributed by atoms with van der Waals surface area (Å²) in [5.74, 6) is 0.832. The highest BCUT2D eigenvalue weighted by Crippen LogP contribution is 2.16. The van der Waals surface area contributed by atoms with Crippen molar-refractivity contribution >= 4 is 0 Å². The van der Waals surface area contributed by atoms with Crippen LogP contribution < -0.4 is 10.1 Å². The molecule has 0 aromatic heterocycles. The van der Waals surface area contributed by atoms with E-state index in [0.717, 1.165) is 18.6 Å². The zero-order valence-corrected chi connectivity index (χ0v) is 12.6. The van der Waals surface area contributed by atoms with Gasteiger partial charge < -0.3 is 15.2 Å². The lowest BCUT2D eigenvalue weighted by atomic mass is 10.1. The highest BCUT2D eigenvalue weighted by atomic mass is 16.5. The third-order valence-corrected chi connectivity index (χ3v) is 3.27. The van der Waals surface area contributed by atoms with Crippen molar-refractivity contribution in [2.45, 2.75) is 52.7 Å². The van der Waals surface area contributed by atoms with Crippen molar-refractivity contribution in [3.8, 4) is 5.75 Å². The molecule has 1 aromatic carbocycles. The molecule has 1 aromatic rings. The first-order chi connectivity index (χ1) is 9.05. The third kappa shape index (κ3) is 6.08. The molecule has 0 aliphatic rings. The molecular weight excluding hydrogens is 238 g/mol. The van der Waals surface area contributed by atoms with E-state index in [2.05, 4.69) is 25.2 Å². The van der Waals surface area contributed by atoms with Crippen molar-refractivity contribution in [3.63, 3.8) is 0 Å². The molecule has 0 fully saturated rings. The zero-order valence-electron chi connectivity index (χ0n) is 12.6. The number of hydrogen-bond acceptors (Lipinski definition) is 3. The van der Waals surface area contributed by atoms with Crippen LogP contribution in [0.2, 0.25) is 0 Å². The van der Waals surface area contributed by atoms with Gasteiger partial charge >= 0.3 is 0 Å². The van der Waals surface area contributed by atoms with E-state index in [9.17, 15) is 5.11 Å². The lowest BCUT2D eigenvalue weighted by Crippen LogP contribution is -2.37. The van der Waals surface area contributed by atoms with Gasteiger partial charge in [-0.3, -0.25) is 0 Å². The van der Waals surface area contributed by atoms with Crippen LogP contribution in [0.25, 0.3) is 0 Å². The van der Waals surface area contributed by atoms with Gasteiger partial charge in [-0.05, 0) is 49.9 Å². The standard InChI is InChI=1S/C16H27NO2/c1-5-14(6-2)17-10-15(18)11-19-16-8-12(3)7-13(4)9-16/h7-9,14-15,17-18H,5-6,10-11H2,1-4H3. The minimum atomic E-state index is -0.471. The second-order valence-corrected chi connectivity index (χ2v) is 5.21. The Morgan fingerprint density at radius 2 is 1.68 bits per heavy atom. The van der Waals surface area contributed by atoms with E-state index in [1.807, 2.05) is 26.0 Å². The highest BCUT2D eigenvalue weighted by molar-refractivity contribution is 5.32. The first kappa shape index (κ1) is 16.0. The van der Waals surface area contributed by atoms with Crippen molar-refractivity contribution in [1.29, 1.82) is 0 Å². The molecule has 1 atom stereocenters. The maximum absolute atomic E-state index is 9.90. The molecule has 2 N–H and O–H groups in total. The minimum Gasteiger partial charge on any atom is -0.491 e. The summed E-state index contributed by atoms with van der Waals surface area (Å²) in [5.41, 5.74) is 2.36. The van der Waals surface area contributed by atoms with E-state index < -0.39 is 6.10 Å². The van der Waals surface area contributed by atoms with Gasteiger partial charge in [0.1, 0.15) is 18.5 Å². The van der Waals surface area contributed by atoms with Crippen molar-refractivity contribution in [2.24, 2.45) is 0 Å². The highest BCUT2D eigenvalue weighted by Gasteiger charge is 2.08. The van der Waals surface area contributed by atoms with Gasteiger partial charge in [0.15, 0.2) is 0 Å². The van der Waals surface area contributed by atoms with Crippen LogP contribution in [0.1, 0.15) is 37.8 Å². The Morgan fingerprint density at radius 1 is 1.11 bits per heavy atom. The average Bonchev–Trinajstić information content (AvgIpc) is 2.36. The molecule has 0 amide bonds. The number of rotatable bonds is 8. The van der Waals surface area contributed by atoms with Crippen LogP contribution in [0.3, 0.4) is 0 Å². The van der Waals surface area contributed by atoms with Gasteiger partial charge in [0, 0.05) is 12.6 Å². The fourth-order valence-electron chi connectivity index (χ4n) is 2.15. The molecule has 19 heavy (non-hydrogen) atoms. The Labute approximate surface area is 117 Å². The first-order valence-corrected chi connectivity index (χ1v) is 7.17. The molecule has 0 bridgehead atoms. The molecule has 1 rings (SSSR count). The van der Waals surface area contributed by atoms with Crippen LogP contribution in [0, 0.1) is 13.8 Å². The summed E-state index contributed by atoms with van der Waals surface area (Å²) in [4.78, 5) is 0. The van der Waals surface area contributed by atoms with Gasteiger partial charge in [-0.15, -0.1) is 0 Å². The number of benzene rings is 1. The van der Waals surface area contributed by atoms with Crippen molar-refractivity contribution < 1.29 is 9.84 Å². The lowest BCUT2D eigenvalue weighted by Gasteiger charge is -2.18. The molecule has 0 aliphatic carbocycles. The smallest absolute Gasteiger partial charge is 0.119 e. The van der Waals surface area contributed by atoms with Crippen LogP contribution >= 0.6 is 0 Å². The van der Waals surface area contributed by atoms with E-state index in [1.165, 1.54) is 11.1 Å². The van der Waals surface area contributed by atoms with Crippen LogP contribution in [-0.4, -0.2) is 30.4 Å². The van der Waals surface area contributed by atoms with Crippen LogP contribution in [0.15, 0.2) is 18.2 Å². The molecule has 0 spiro atoms. The van der Waals surface area contributed by atoms with E-state index >= 15 is 0 Å². The molecular formula is C16H27NO2. The molecule has 0 saturated heterocycles. The second kappa shape index (κ2) is 8.18. The number of ether oxygens (including phenoxy) is 1. The molecule has 3 nitrogen and oxygen atoms in total. The quantitative estimate of drug-likeness (QED) is 0.759. The fraction of sp³-hybridized carbons (Fsp3) is 0.625. The molecule has 0 aliphatic heterocycles. The summed E-state index contributed by atoms with van der Waals surface area (Å²) >= 11 is 0. The van der Waals surface area contributed by atoms with Crippen LogP contribution in [0.4, 0.5) is 0 Å². The van der Waals surface area contributed by atoms with Gasteiger partial charge in [-0.2, -0.15) is 0 Å². The van der Waals surface area contributed by atoms with Crippen molar-refractivity contribution in [3.05, 3.63) is 29.3 Å². The zero-order chi connectivity index (χ0) is 14.3. The summed E-state index contributed by atoms with van der Waals surface area (Å²) in [7, 11) is 0. The SMILES string of the molecule is CCC(CC)NCC(O)COc1cc(C)cc(C)c1. The molecule has 1 unspecified atom stereocenters. The minimum absolute atomic E-state index is 0.329. The monoisotopic (exact) mass is 265 g/mol. The number of aliphatic hydroxyl groups excluding tert-OH is 1. The Balaban J connectivity index is 2.35. The number of hydrogen-bond donors (Lipinski definition) is 2. The molecule has 0 saturated carbocycles. The summed E-state index contributed by atoms with van der Waals surface area (Å²) in [6.45, 7) is 9.31. The van der Waals surface area contributed by atoms with E-state index in [0.29, 0.717) is 19.2 Å². The predicted molar refractivity (Wildman–Crippen MR) is 79.8 cm³/mol.